The summed E-state index contributed by atoms with van der Waals surface area (Å²) in [4.78, 5) is 22.8. The molecular weight excluding hydrogens is 348 g/mol. The van der Waals surface area contributed by atoms with E-state index in [0.717, 1.165) is 18.7 Å². The van der Waals surface area contributed by atoms with Crippen molar-refractivity contribution in [1.29, 1.82) is 0 Å². The van der Waals surface area contributed by atoms with Crippen LogP contribution in [0.5, 0.6) is 0 Å². The zero-order valence-electron chi connectivity index (χ0n) is 14.4. The van der Waals surface area contributed by atoms with Gasteiger partial charge in [-0.1, -0.05) is 23.7 Å². The van der Waals surface area contributed by atoms with Crippen molar-refractivity contribution in [3.63, 3.8) is 0 Å². The molecule has 1 N–H and O–H groups in total. The number of rotatable bonds is 6. The molecule has 26 heavy (non-hydrogen) atoms. The second-order valence-corrected chi connectivity index (χ2v) is 6.27. The minimum atomic E-state index is -0.289. The van der Waals surface area contributed by atoms with Crippen LogP contribution in [0.1, 0.15) is 16.1 Å². The van der Waals surface area contributed by atoms with Crippen LogP contribution >= 0.6 is 11.6 Å². The fourth-order valence-corrected chi connectivity index (χ4v) is 2.69. The number of amides is 1. The highest BCUT2D eigenvalue weighted by Gasteiger charge is 2.11. The number of nitrogens with one attached hydrogen (secondary N) is 1. The van der Waals surface area contributed by atoms with E-state index in [9.17, 15) is 4.79 Å². The minimum Gasteiger partial charge on any atom is -0.374 e. The first-order chi connectivity index (χ1) is 12.6. The highest BCUT2D eigenvalue weighted by atomic mass is 35.5. The number of aromatic nitrogens is 2. The Morgan fingerprint density at radius 3 is 2.65 bits per heavy atom. The number of benzene rings is 1. The van der Waals surface area contributed by atoms with Crippen molar-refractivity contribution in [3.05, 3.63) is 83.4 Å². The molecule has 0 unspecified atom stereocenters. The third-order valence-corrected chi connectivity index (χ3v) is 4.35. The van der Waals surface area contributed by atoms with Crippen molar-refractivity contribution in [1.82, 2.24) is 9.97 Å². The van der Waals surface area contributed by atoms with Crippen molar-refractivity contribution < 1.29 is 4.79 Å². The van der Waals surface area contributed by atoms with E-state index in [1.165, 1.54) is 5.56 Å². The van der Waals surface area contributed by atoms with Gasteiger partial charge in [0.05, 0.1) is 10.7 Å². The monoisotopic (exact) mass is 366 g/mol. The molecule has 2 heterocycles. The Hall–Kier alpha value is -2.92. The molecule has 0 aliphatic heterocycles. The van der Waals surface area contributed by atoms with Gasteiger partial charge in [0.15, 0.2) is 0 Å². The predicted octanol–water partition coefficient (Wildman–Crippen LogP) is 4.06. The Labute approximate surface area is 157 Å². The summed E-state index contributed by atoms with van der Waals surface area (Å²) in [5, 5.41) is 3.28. The Morgan fingerprint density at radius 2 is 1.88 bits per heavy atom. The molecule has 0 saturated heterocycles. The first-order valence-corrected chi connectivity index (χ1v) is 8.63. The average molecular weight is 367 g/mol. The summed E-state index contributed by atoms with van der Waals surface area (Å²) in [5.74, 6) is -0.289. The van der Waals surface area contributed by atoms with Crippen molar-refractivity contribution >= 4 is 28.9 Å². The van der Waals surface area contributed by atoms with Gasteiger partial charge in [-0.15, -0.1) is 0 Å². The van der Waals surface area contributed by atoms with E-state index in [1.54, 1.807) is 36.8 Å². The molecule has 0 spiro atoms. The number of carbonyl (C=O) groups is 1. The van der Waals surface area contributed by atoms with Crippen LogP contribution in [0.2, 0.25) is 5.02 Å². The van der Waals surface area contributed by atoms with Gasteiger partial charge in [0.25, 0.3) is 5.91 Å². The number of hydrogen-bond donors (Lipinski definition) is 1. The summed E-state index contributed by atoms with van der Waals surface area (Å²) < 4.78 is 0. The standard InChI is InChI=1S/C20H19ClN4O/c1-25(13-9-15-6-10-22-11-7-15)16-8-12-23-19(14-16)20(26)24-18-5-3-2-4-17(18)21/h2-8,10-12,14H,9,13H2,1H3,(H,24,26). The number of para-hydroxylation sites is 1. The van der Waals surface area contributed by atoms with Gasteiger partial charge in [-0.25, -0.2) is 0 Å². The minimum absolute atomic E-state index is 0.289. The molecule has 0 atom stereocenters. The molecule has 1 aromatic carbocycles. The number of nitrogens with zero attached hydrogens (tertiary/aromatic N) is 3. The summed E-state index contributed by atoms with van der Waals surface area (Å²) in [6.07, 6.45) is 6.11. The Bertz CT molecular complexity index is 886. The van der Waals surface area contributed by atoms with E-state index in [-0.39, 0.29) is 5.91 Å². The zero-order valence-corrected chi connectivity index (χ0v) is 15.1. The van der Waals surface area contributed by atoms with Crippen LogP contribution in [-0.4, -0.2) is 29.5 Å². The van der Waals surface area contributed by atoms with Crippen molar-refractivity contribution in [2.24, 2.45) is 0 Å². The average Bonchev–Trinajstić information content (AvgIpc) is 2.69. The van der Waals surface area contributed by atoms with Crippen molar-refractivity contribution in [2.75, 3.05) is 23.8 Å². The first kappa shape index (κ1) is 17.9. The molecule has 3 aromatic rings. The van der Waals surface area contributed by atoms with Gasteiger partial charge in [-0.05, 0) is 48.4 Å². The molecule has 1 amide bonds. The molecule has 3 rings (SSSR count). The third kappa shape index (κ3) is 4.58. The molecule has 2 aromatic heterocycles. The van der Waals surface area contributed by atoms with E-state index in [0.29, 0.717) is 16.4 Å². The largest absolute Gasteiger partial charge is 0.374 e. The second-order valence-electron chi connectivity index (χ2n) is 5.86. The molecule has 0 fully saturated rings. The maximum Gasteiger partial charge on any atom is 0.274 e. The highest BCUT2D eigenvalue weighted by molar-refractivity contribution is 6.33. The summed E-state index contributed by atoms with van der Waals surface area (Å²) >= 11 is 6.09. The Morgan fingerprint density at radius 1 is 1.12 bits per heavy atom. The number of likely N-dealkylation sites (N-methyl/N-ethyl adjacent to an activating group) is 1. The molecule has 0 saturated carbocycles. The van der Waals surface area contributed by atoms with Gasteiger partial charge in [0, 0.05) is 37.9 Å². The number of carbonyl (C=O) groups excluding carboxylic acids is 1. The lowest BCUT2D eigenvalue weighted by Gasteiger charge is -2.19. The van der Waals surface area contributed by atoms with Crippen LogP contribution in [0.25, 0.3) is 0 Å². The van der Waals surface area contributed by atoms with E-state index in [1.807, 2.05) is 37.4 Å². The van der Waals surface area contributed by atoms with Gasteiger partial charge >= 0.3 is 0 Å². The topological polar surface area (TPSA) is 58.1 Å². The lowest BCUT2D eigenvalue weighted by atomic mass is 10.2. The maximum absolute atomic E-state index is 12.5. The van der Waals surface area contributed by atoms with Crippen LogP contribution in [0, 0.1) is 0 Å². The van der Waals surface area contributed by atoms with Gasteiger partial charge in [0.2, 0.25) is 0 Å². The molecule has 0 radical (unpaired) electrons. The Balaban J connectivity index is 1.67. The van der Waals surface area contributed by atoms with Crippen LogP contribution in [0.3, 0.4) is 0 Å². The van der Waals surface area contributed by atoms with Gasteiger partial charge < -0.3 is 10.2 Å². The SMILES string of the molecule is CN(CCc1ccncc1)c1ccnc(C(=O)Nc2ccccc2Cl)c1. The molecule has 0 aliphatic carbocycles. The smallest absolute Gasteiger partial charge is 0.274 e. The fraction of sp³-hybridized carbons (Fsp3) is 0.150. The third-order valence-electron chi connectivity index (χ3n) is 4.02. The normalized spacial score (nSPS) is 10.4. The van der Waals surface area contributed by atoms with Gasteiger partial charge in [0.1, 0.15) is 5.69 Å². The van der Waals surface area contributed by atoms with Gasteiger partial charge in [-0.3, -0.25) is 14.8 Å². The van der Waals surface area contributed by atoms with Crippen molar-refractivity contribution in [3.8, 4) is 0 Å². The number of halogens is 1. The van der Waals surface area contributed by atoms with Crippen LogP contribution in [-0.2, 0) is 6.42 Å². The lowest BCUT2D eigenvalue weighted by molar-refractivity contribution is 0.102. The van der Waals surface area contributed by atoms with E-state index < -0.39 is 0 Å². The van der Waals surface area contributed by atoms with Gasteiger partial charge in [-0.2, -0.15) is 0 Å². The number of anilines is 2. The van der Waals surface area contributed by atoms with Crippen LogP contribution in [0.15, 0.2) is 67.1 Å². The summed E-state index contributed by atoms with van der Waals surface area (Å²) in [7, 11) is 1.99. The lowest BCUT2D eigenvalue weighted by Crippen LogP contribution is -2.21. The summed E-state index contributed by atoms with van der Waals surface area (Å²) in [6.45, 7) is 0.819. The summed E-state index contributed by atoms with van der Waals surface area (Å²) in [5.41, 5.74) is 3.06. The number of hydrogen-bond acceptors (Lipinski definition) is 4. The van der Waals surface area contributed by atoms with Crippen LogP contribution in [0.4, 0.5) is 11.4 Å². The molecule has 5 nitrogen and oxygen atoms in total. The van der Waals surface area contributed by atoms with Crippen LogP contribution < -0.4 is 10.2 Å². The quantitative estimate of drug-likeness (QED) is 0.714. The van der Waals surface area contributed by atoms with E-state index in [4.69, 9.17) is 11.6 Å². The molecule has 6 heteroatoms. The maximum atomic E-state index is 12.5. The van der Waals surface area contributed by atoms with Crippen molar-refractivity contribution in [2.45, 2.75) is 6.42 Å². The zero-order chi connectivity index (χ0) is 18.4. The molecular formula is C20H19ClN4O. The molecule has 132 valence electrons. The highest BCUT2D eigenvalue weighted by Crippen LogP contribution is 2.21. The van der Waals surface area contributed by atoms with E-state index in [2.05, 4.69) is 20.2 Å². The summed E-state index contributed by atoms with van der Waals surface area (Å²) in [6, 6.07) is 14.8. The first-order valence-electron chi connectivity index (χ1n) is 8.25. The second kappa shape index (κ2) is 8.45. The van der Waals surface area contributed by atoms with E-state index >= 15 is 0 Å². The number of pyridine rings is 2. The predicted molar refractivity (Wildman–Crippen MR) is 105 cm³/mol. The molecule has 0 aliphatic rings. The molecule has 0 bridgehead atoms. The Kier molecular flexibility index (Phi) is 5.81. The fourth-order valence-electron chi connectivity index (χ4n) is 2.51.